The molecule has 0 bridgehead atoms. The number of carbonyl (C=O) groups excluding carboxylic acids is 1. The number of hydrogen-bond acceptors (Lipinski definition) is 2. The summed E-state index contributed by atoms with van der Waals surface area (Å²) in [4.78, 5) is 11.9. The number of nitrogens with zero attached hydrogens (tertiary/aromatic N) is 1. The number of nitriles is 1. The molecule has 0 saturated carbocycles. The van der Waals surface area contributed by atoms with Gasteiger partial charge in [0.1, 0.15) is 5.03 Å². The van der Waals surface area contributed by atoms with E-state index in [9.17, 15) is 4.79 Å². The van der Waals surface area contributed by atoms with Crippen molar-refractivity contribution in [3.05, 3.63) is 70.8 Å². The highest BCUT2D eigenvalue weighted by molar-refractivity contribution is 6.45. The van der Waals surface area contributed by atoms with Crippen molar-refractivity contribution >= 4 is 29.3 Å². The standard InChI is InChI=1S/C16H11ClN2O/c17-15(10-12-5-2-1-3-6-12)16(20)19-14-8-4-7-13(9-14)11-18/h1-10H,(H,19,20)/b15-10-. The predicted octanol–water partition coefficient (Wildman–Crippen LogP) is 3.78. The Morgan fingerprint density at radius 3 is 2.60 bits per heavy atom. The molecule has 0 heterocycles. The molecule has 2 aromatic rings. The van der Waals surface area contributed by atoms with Gasteiger partial charge >= 0.3 is 0 Å². The van der Waals surface area contributed by atoms with Crippen molar-refractivity contribution in [2.45, 2.75) is 0 Å². The molecule has 20 heavy (non-hydrogen) atoms. The van der Waals surface area contributed by atoms with E-state index in [-0.39, 0.29) is 5.03 Å². The van der Waals surface area contributed by atoms with Gasteiger partial charge in [-0.25, -0.2) is 0 Å². The first-order valence-corrected chi connectivity index (χ1v) is 6.30. The third kappa shape index (κ3) is 3.71. The minimum absolute atomic E-state index is 0.0820. The first kappa shape index (κ1) is 13.9. The number of halogens is 1. The van der Waals surface area contributed by atoms with Crippen LogP contribution in [-0.4, -0.2) is 5.91 Å². The summed E-state index contributed by atoms with van der Waals surface area (Å²) in [5.74, 6) is -0.411. The van der Waals surface area contributed by atoms with Crippen molar-refractivity contribution in [1.82, 2.24) is 0 Å². The SMILES string of the molecule is N#Cc1cccc(NC(=O)/C(Cl)=C/c2ccccc2)c1. The van der Waals surface area contributed by atoms with Gasteiger partial charge in [0.15, 0.2) is 0 Å². The summed E-state index contributed by atoms with van der Waals surface area (Å²) in [5, 5.41) is 11.5. The van der Waals surface area contributed by atoms with E-state index in [0.717, 1.165) is 5.56 Å². The van der Waals surface area contributed by atoms with Gasteiger partial charge in [-0.15, -0.1) is 0 Å². The highest BCUT2D eigenvalue weighted by Gasteiger charge is 2.07. The Morgan fingerprint density at radius 2 is 1.90 bits per heavy atom. The van der Waals surface area contributed by atoms with Crippen LogP contribution in [0.15, 0.2) is 59.6 Å². The first-order chi connectivity index (χ1) is 9.69. The van der Waals surface area contributed by atoms with E-state index in [4.69, 9.17) is 16.9 Å². The van der Waals surface area contributed by atoms with Crippen LogP contribution in [0.4, 0.5) is 5.69 Å². The third-order valence-electron chi connectivity index (χ3n) is 2.56. The molecular weight excluding hydrogens is 272 g/mol. The Morgan fingerprint density at radius 1 is 1.15 bits per heavy atom. The van der Waals surface area contributed by atoms with Crippen LogP contribution in [0.5, 0.6) is 0 Å². The molecule has 98 valence electrons. The number of benzene rings is 2. The van der Waals surface area contributed by atoms with Crippen molar-refractivity contribution in [3.8, 4) is 6.07 Å². The summed E-state index contributed by atoms with van der Waals surface area (Å²) in [6, 6.07) is 18.0. The van der Waals surface area contributed by atoms with Gasteiger partial charge in [-0.2, -0.15) is 5.26 Å². The molecule has 0 aliphatic carbocycles. The second-order valence-corrected chi connectivity index (χ2v) is 4.46. The molecule has 0 fully saturated rings. The molecule has 4 heteroatoms. The molecule has 1 amide bonds. The largest absolute Gasteiger partial charge is 0.321 e. The van der Waals surface area contributed by atoms with Gasteiger partial charge in [-0.1, -0.05) is 48.0 Å². The third-order valence-corrected chi connectivity index (χ3v) is 2.84. The number of carbonyl (C=O) groups is 1. The molecule has 0 atom stereocenters. The highest BCUT2D eigenvalue weighted by atomic mass is 35.5. The number of amides is 1. The summed E-state index contributed by atoms with van der Waals surface area (Å²) in [6.45, 7) is 0. The lowest BCUT2D eigenvalue weighted by Gasteiger charge is -2.04. The maximum absolute atomic E-state index is 11.9. The molecule has 1 N–H and O–H groups in total. The topological polar surface area (TPSA) is 52.9 Å². The van der Waals surface area contributed by atoms with Crippen LogP contribution in [0.3, 0.4) is 0 Å². The molecule has 0 aliphatic heterocycles. The summed E-state index contributed by atoms with van der Waals surface area (Å²) in [5.41, 5.74) is 1.86. The molecule has 0 aliphatic rings. The van der Waals surface area contributed by atoms with Gasteiger partial charge in [0.2, 0.25) is 0 Å². The van der Waals surface area contributed by atoms with E-state index < -0.39 is 5.91 Å². The molecule has 3 nitrogen and oxygen atoms in total. The second-order valence-electron chi connectivity index (χ2n) is 4.05. The van der Waals surface area contributed by atoms with Crippen LogP contribution < -0.4 is 5.32 Å². The van der Waals surface area contributed by atoms with Gasteiger partial charge in [0.25, 0.3) is 5.91 Å². The van der Waals surface area contributed by atoms with Crippen molar-refractivity contribution in [2.24, 2.45) is 0 Å². The number of anilines is 1. The molecular formula is C16H11ClN2O. The highest BCUT2D eigenvalue weighted by Crippen LogP contribution is 2.15. The van der Waals surface area contributed by atoms with Gasteiger partial charge < -0.3 is 5.32 Å². The molecule has 2 aromatic carbocycles. The normalized spacial score (nSPS) is 10.7. The average Bonchev–Trinajstić information content (AvgIpc) is 2.48. The zero-order chi connectivity index (χ0) is 14.4. The fraction of sp³-hybridized carbons (Fsp3) is 0. The predicted molar refractivity (Wildman–Crippen MR) is 80.1 cm³/mol. The van der Waals surface area contributed by atoms with Crippen LogP contribution in [0.2, 0.25) is 0 Å². The summed E-state index contributed by atoms with van der Waals surface area (Å²) in [7, 11) is 0. The number of hydrogen-bond donors (Lipinski definition) is 1. The Kier molecular flexibility index (Phi) is 4.54. The van der Waals surface area contributed by atoms with Gasteiger partial charge in [0, 0.05) is 5.69 Å². The molecule has 0 aromatic heterocycles. The van der Waals surface area contributed by atoms with Crippen molar-refractivity contribution in [3.63, 3.8) is 0 Å². The average molecular weight is 283 g/mol. The summed E-state index contributed by atoms with van der Waals surface area (Å²) >= 11 is 5.97. The molecule has 0 saturated heterocycles. The molecule has 2 rings (SSSR count). The maximum Gasteiger partial charge on any atom is 0.267 e. The smallest absolute Gasteiger partial charge is 0.267 e. The van der Waals surface area contributed by atoms with E-state index in [1.807, 2.05) is 36.4 Å². The Hall–Kier alpha value is -2.57. The zero-order valence-electron chi connectivity index (χ0n) is 10.5. The van der Waals surface area contributed by atoms with E-state index in [1.165, 1.54) is 0 Å². The number of nitrogens with one attached hydrogen (secondary N) is 1. The lowest BCUT2D eigenvalue weighted by atomic mass is 10.2. The van der Waals surface area contributed by atoms with Gasteiger partial charge in [0.05, 0.1) is 11.6 Å². The van der Waals surface area contributed by atoms with Crippen LogP contribution in [0.25, 0.3) is 6.08 Å². The van der Waals surface area contributed by atoms with Crippen molar-refractivity contribution < 1.29 is 4.79 Å². The van der Waals surface area contributed by atoms with E-state index >= 15 is 0 Å². The minimum atomic E-state index is -0.411. The Bertz CT molecular complexity index is 687. The fourth-order valence-corrected chi connectivity index (χ4v) is 1.79. The van der Waals surface area contributed by atoms with Crippen molar-refractivity contribution in [1.29, 1.82) is 5.26 Å². The van der Waals surface area contributed by atoms with E-state index in [1.54, 1.807) is 30.3 Å². The fourth-order valence-electron chi connectivity index (χ4n) is 1.62. The monoisotopic (exact) mass is 282 g/mol. The quantitative estimate of drug-likeness (QED) is 0.871. The Labute approximate surface area is 122 Å². The molecule has 0 radical (unpaired) electrons. The lowest BCUT2D eigenvalue weighted by Crippen LogP contribution is -2.11. The second kappa shape index (κ2) is 6.55. The molecule has 0 unspecified atom stereocenters. The summed E-state index contributed by atoms with van der Waals surface area (Å²) in [6.07, 6.45) is 1.59. The van der Waals surface area contributed by atoms with E-state index in [2.05, 4.69) is 5.32 Å². The van der Waals surface area contributed by atoms with Crippen LogP contribution >= 0.6 is 11.6 Å². The summed E-state index contributed by atoms with van der Waals surface area (Å²) < 4.78 is 0. The lowest BCUT2D eigenvalue weighted by molar-refractivity contribution is -0.112. The van der Waals surface area contributed by atoms with Crippen LogP contribution in [0, 0.1) is 11.3 Å². The van der Waals surface area contributed by atoms with Gasteiger partial charge in [-0.3, -0.25) is 4.79 Å². The minimum Gasteiger partial charge on any atom is -0.321 e. The van der Waals surface area contributed by atoms with Crippen LogP contribution in [-0.2, 0) is 4.79 Å². The van der Waals surface area contributed by atoms with E-state index in [0.29, 0.717) is 11.3 Å². The number of rotatable bonds is 3. The molecule has 0 spiro atoms. The van der Waals surface area contributed by atoms with Gasteiger partial charge in [-0.05, 0) is 29.8 Å². The maximum atomic E-state index is 11.9. The van der Waals surface area contributed by atoms with Crippen molar-refractivity contribution in [2.75, 3.05) is 5.32 Å². The Balaban J connectivity index is 2.12. The zero-order valence-corrected chi connectivity index (χ0v) is 11.3. The first-order valence-electron chi connectivity index (χ1n) is 5.93. The van der Waals surface area contributed by atoms with Crippen LogP contribution in [0.1, 0.15) is 11.1 Å².